The summed E-state index contributed by atoms with van der Waals surface area (Å²) in [5.74, 6) is -0.0636. The van der Waals surface area contributed by atoms with Crippen molar-refractivity contribution < 1.29 is 4.79 Å². The number of carbonyl (C=O) groups excluding carboxylic acids is 1. The zero-order chi connectivity index (χ0) is 11.7. The summed E-state index contributed by atoms with van der Waals surface area (Å²) in [6.07, 6.45) is 1.47. The lowest BCUT2D eigenvalue weighted by Gasteiger charge is -2.04. The third-order valence-corrected chi connectivity index (χ3v) is 2.88. The molecule has 1 aromatic carbocycles. The Morgan fingerprint density at radius 1 is 1.44 bits per heavy atom. The van der Waals surface area contributed by atoms with Crippen LogP contribution in [0.5, 0.6) is 0 Å². The normalized spacial score (nSPS) is 10.4. The van der Waals surface area contributed by atoms with Gasteiger partial charge in [0.2, 0.25) is 5.78 Å². The van der Waals surface area contributed by atoms with E-state index in [-0.39, 0.29) is 5.78 Å². The molecule has 16 heavy (non-hydrogen) atoms. The highest BCUT2D eigenvalue weighted by Gasteiger charge is 2.15. The van der Waals surface area contributed by atoms with Gasteiger partial charge in [0.25, 0.3) is 0 Å². The third-order valence-electron chi connectivity index (χ3n) is 2.39. The number of halogens is 1. The van der Waals surface area contributed by atoms with E-state index in [4.69, 9.17) is 0 Å². The van der Waals surface area contributed by atoms with Gasteiger partial charge in [-0.2, -0.15) is 0 Å². The average Bonchev–Trinajstić information content (AvgIpc) is 2.67. The highest BCUT2D eigenvalue weighted by atomic mass is 79.9. The van der Waals surface area contributed by atoms with Gasteiger partial charge in [0.15, 0.2) is 0 Å². The van der Waals surface area contributed by atoms with Gasteiger partial charge in [-0.3, -0.25) is 4.79 Å². The Morgan fingerprint density at radius 3 is 2.81 bits per heavy atom. The first-order chi connectivity index (χ1) is 7.59. The van der Waals surface area contributed by atoms with Gasteiger partial charge in [0.05, 0.1) is 6.20 Å². The Morgan fingerprint density at radius 2 is 2.19 bits per heavy atom. The van der Waals surface area contributed by atoms with Gasteiger partial charge in [0.1, 0.15) is 5.69 Å². The maximum Gasteiger partial charge on any atom is 0.212 e. The van der Waals surface area contributed by atoms with Crippen LogP contribution < -0.4 is 0 Å². The van der Waals surface area contributed by atoms with Crippen LogP contribution >= 0.6 is 15.9 Å². The van der Waals surface area contributed by atoms with Gasteiger partial charge in [-0.1, -0.05) is 27.2 Å². The van der Waals surface area contributed by atoms with Crippen LogP contribution in [-0.2, 0) is 7.05 Å². The monoisotopic (exact) mass is 279 g/mol. The maximum atomic E-state index is 12.2. The predicted molar refractivity (Wildman–Crippen MR) is 63.3 cm³/mol. The Hall–Kier alpha value is -1.49. The molecule has 0 atom stereocenters. The number of nitrogens with zero attached hydrogens (tertiary/aromatic N) is 3. The number of carbonyl (C=O) groups is 1. The minimum Gasteiger partial charge on any atom is -0.287 e. The molecule has 0 N–H and O–H groups in total. The number of benzene rings is 1. The molecule has 0 aliphatic heterocycles. The summed E-state index contributed by atoms with van der Waals surface area (Å²) >= 11 is 3.36. The van der Waals surface area contributed by atoms with Crippen molar-refractivity contribution in [3.05, 3.63) is 45.7 Å². The van der Waals surface area contributed by atoms with E-state index in [1.165, 1.54) is 10.9 Å². The van der Waals surface area contributed by atoms with E-state index in [0.717, 1.165) is 10.0 Å². The second-order valence-electron chi connectivity index (χ2n) is 3.53. The second-order valence-corrected chi connectivity index (χ2v) is 4.45. The Kier molecular flexibility index (Phi) is 2.87. The van der Waals surface area contributed by atoms with Crippen LogP contribution in [0.2, 0.25) is 0 Å². The van der Waals surface area contributed by atoms with Crippen LogP contribution in [0.15, 0.2) is 28.9 Å². The fraction of sp³-hybridized carbons (Fsp3) is 0.182. The predicted octanol–water partition coefficient (Wildman–Crippen LogP) is 2.12. The molecular weight excluding hydrogens is 270 g/mol. The first kappa shape index (κ1) is 11.0. The molecule has 0 radical (unpaired) electrons. The molecule has 1 heterocycles. The van der Waals surface area contributed by atoms with Gasteiger partial charge < -0.3 is 0 Å². The quantitative estimate of drug-likeness (QED) is 0.792. The fourth-order valence-corrected chi connectivity index (χ4v) is 1.83. The van der Waals surface area contributed by atoms with Crippen LogP contribution in [-0.4, -0.2) is 20.8 Å². The van der Waals surface area contributed by atoms with Crippen molar-refractivity contribution in [1.82, 2.24) is 15.0 Å². The molecule has 1 aromatic heterocycles. The lowest BCUT2D eigenvalue weighted by molar-refractivity contribution is 0.102. The van der Waals surface area contributed by atoms with Crippen LogP contribution in [0.4, 0.5) is 0 Å². The van der Waals surface area contributed by atoms with E-state index in [9.17, 15) is 4.79 Å². The minimum atomic E-state index is -0.0636. The van der Waals surface area contributed by atoms with Crippen molar-refractivity contribution in [2.75, 3.05) is 0 Å². The summed E-state index contributed by atoms with van der Waals surface area (Å²) in [7, 11) is 1.70. The van der Waals surface area contributed by atoms with Gasteiger partial charge in [-0.25, -0.2) is 4.68 Å². The number of ketones is 1. The third kappa shape index (κ3) is 1.90. The summed E-state index contributed by atoms with van der Waals surface area (Å²) in [5.41, 5.74) is 2.09. The van der Waals surface area contributed by atoms with Crippen LogP contribution in [0, 0.1) is 6.92 Å². The molecule has 0 aliphatic rings. The number of hydrogen-bond acceptors (Lipinski definition) is 3. The summed E-state index contributed by atoms with van der Waals surface area (Å²) in [4.78, 5) is 12.2. The number of aromatic nitrogens is 3. The number of aryl methyl sites for hydroxylation is 2. The van der Waals surface area contributed by atoms with E-state index in [0.29, 0.717) is 11.3 Å². The molecule has 82 valence electrons. The molecule has 4 nitrogen and oxygen atoms in total. The van der Waals surface area contributed by atoms with Gasteiger partial charge in [0, 0.05) is 17.1 Å². The Balaban J connectivity index is 2.49. The Bertz CT molecular complexity index is 548. The van der Waals surface area contributed by atoms with E-state index in [1.807, 2.05) is 25.1 Å². The molecule has 0 amide bonds. The number of hydrogen-bond donors (Lipinski definition) is 0. The molecule has 0 saturated carbocycles. The van der Waals surface area contributed by atoms with E-state index < -0.39 is 0 Å². The van der Waals surface area contributed by atoms with Crippen molar-refractivity contribution in [3.8, 4) is 0 Å². The molecule has 0 aliphatic carbocycles. The van der Waals surface area contributed by atoms with Gasteiger partial charge >= 0.3 is 0 Å². The minimum absolute atomic E-state index is 0.0636. The largest absolute Gasteiger partial charge is 0.287 e. The molecule has 2 aromatic rings. The zero-order valence-electron chi connectivity index (χ0n) is 8.94. The summed E-state index contributed by atoms with van der Waals surface area (Å²) in [6, 6.07) is 5.62. The molecule has 0 fully saturated rings. The van der Waals surface area contributed by atoms with Crippen molar-refractivity contribution in [1.29, 1.82) is 0 Å². The Labute approximate surface area is 101 Å². The first-order valence-electron chi connectivity index (χ1n) is 4.75. The van der Waals surface area contributed by atoms with Crippen molar-refractivity contribution in [2.45, 2.75) is 6.92 Å². The van der Waals surface area contributed by atoms with Crippen LogP contribution in [0.3, 0.4) is 0 Å². The second kappa shape index (κ2) is 4.17. The van der Waals surface area contributed by atoms with Crippen molar-refractivity contribution in [3.63, 3.8) is 0 Å². The van der Waals surface area contributed by atoms with E-state index in [2.05, 4.69) is 26.2 Å². The first-order valence-corrected chi connectivity index (χ1v) is 5.54. The lowest BCUT2D eigenvalue weighted by Crippen LogP contribution is -2.09. The maximum absolute atomic E-state index is 12.2. The van der Waals surface area contributed by atoms with Gasteiger partial charge in [-0.05, 0) is 24.6 Å². The summed E-state index contributed by atoms with van der Waals surface area (Å²) in [6.45, 7) is 1.91. The van der Waals surface area contributed by atoms with Crippen LogP contribution in [0.25, 0.3) is 0 Å². The molecular formula is C11H10BrN3O. The topological polar surface area (TPSA) is 47.8 Å². The fourth-order valence-electron chi connectivity index (χ4n) is 1.47. The molecule has 5 heteroatoms. The van der Waals surface area contributed by atoms with E-state index in [1.54, 1.807) is 7.05 Å². The van der Waals surface area contributed by atoms with Gasteiger partial charge in [-0.15, -0.1) is 5.10 Å². The smallest absolute Gasteiger partial charge is 0.212 e. The average molecular weight is 280 g/mol. The standard InChI is InChI=1S/C11H10BrN3O/c1-7-3-4-8(12)5-9(7)11(16)10-6-13-14-15(10)2/h3-6H,1-2H3. The molecule has 0 saturated heterocycles. The lowest BCUT2D eigenvalue weighted by atomic mass is 10.0. The summed E-state index contributed by atoms with van der Waals surface area (Å²) < 4.78 is 2.36. The van der Waals surface area contributed by atoms with E-state index >= 15 is 0 Å². The van der Waals surface area contributed by atoms with Crippen molar-refractivity contribution in [2.24, 2.45) is 7.05 Å². The van der Waals surface area contributed by atoms with Crippen LogP contribution in [0.1, 0.15) is 21.6 Å². The highest BCUT2D eigenvalue weighted by Crippen LogP contribution is 2.18. The zero-order valence-corrected chi connectivity index (χ0v) is 10.5. The molecule has 2 rings (SSSR count). The van der Waals surface area contributed by atoms with Crippen molar-refractivity contribution >= 4 is 21.7 Å². The highest BCUT2D eigenvalue weighted by molar-refractivity contribution is 9.10. The molecule has 0 bridgehead atoms. The molecule has 0 unspecified atom stereocenters. The SMILES string of the molecule is Cc1ccc(Br)cc1C(=O)c1cnnn1C. The molecule has 0 spiro atoms. The number of rotatable bonds is 2. The summed E-state index contributed by atoms with van der Waals surface area (Å²) in [5, 5.41) is 7.45.